The number of benzene rings is 2. The molecule has 0 saturated carbocycles. The van der Waals surface area contributed by atoms with Crippen molar-refractivity contribution in [2.45, 2.75) is 30.6 Å². The molecule has 0 atom stereocenters. The van der Waals surface area contributed by atoms with Gasteiger partial charge in [-0.15, -0.1) is 24.8 Å². The van der Waals surface area contributed by atoms with Crippen molar-refractivity contribution in [2.24, 2.45) is 0 Å². The molecular weight excluding hydrogens is 566 g/mol. The van der Waals surface area contributed by atoms with Gasteiger partial charge in [-0.25, -0.2) is 8.42 Å². The summed E-state index contributed by atoms with van der Waals surface area (Å²) in [6.45, 7) is 1.55. The van der Waals surface area contributed by atoms with Crippen LogP contribution in [0.1, 0.15) is 25.7 Å². The third-order valence-corrected chi connectivity index (χ3v) is 5.39. The van der Waals surface area contributed by atoms with Crippen molar-refractivity contribution in [1.29, 1.82) is 0 Å². The van der Waals surface area contributed by atoms with Gasteiger partial charge in [0.1, 0.15) is 10.1 Å². The Hall–Kier alpha value is -0.650. The zero-order valence-electron chi connectivity index (χ0n) is 19.9. The largest absolute Gasteiger partial charge is 1.00 e. The molecule has 2 aromatic rings. The topological polar surface area (TPSA) is 157 Å². The minimum Gasteiger partial charge on any atom is -0.744 e. The summed E-state index contributed by atoms with van der Waals surface area (Å²) >= 11 is 10.5. The number of hydrogen-bond acceptors (Lipinski definition) is 8. The van der Waals surface area contributed by atoms with Gasteiger partial charge in [0.2, 0.25) is 0 Å². The zero-order valence-corrected chi connectivity index (χ0v) is 27.2. The van der Waals surface area contributed by atoms with Crippen molar-refractivity contribution in [3.05, 3.63) is 54.6 Å². The van der Waals surface area contributed by atoms with Crippen LogP contribution in [-0.2, 0) is 20.7 Å². The van der Waals surface area contributed by atoms with Crippen molar-refractivity contribution in [2.75, 3.05) is 23.7 Å². The van der Waals surface area contributed by atoms with E-state index in [4.69, 9.17) is 37.1 Å². The van der Waals surface area contributed by atoms with Gasteiger partial charge < -0.3 is 25.8 Å². The second kappa shape index (κ2) is 21.3. The average molecular weight is 591 g/mol. The van der Waals surface area contributed by atoms with Crippen molar-refractivity contribution in [1.82, 2.24) is 10.6 Å². The second-order valence-corrected chi connectivity index (χ2v) is 9.25. The van der Waals surface area contributed by atoms with E-state index in [1.165, 1.54) is 24.3 Å². The standard InChI is InChI=1S/C20H25N4O3S3.2Na.O3S/c25-30(26,27)18-12-10-17(11-13-18)24-20(29)22-15-7-2-1-6-14-21-19(28)23-16-8-4-3-5-9-16;;;1-4(2)3/h4-5,8-13H,1-2,6-7,14-15H2,(H2,21,23,28)(H2,22,24,29)(H,25,26,27);;;/q-1;2*+1;/p-1. The van der Waals surface area contributed by atoms with E-state index >= 15 is 0 Å². The third-order valence-electron chi connectivity index (χ3n) is 4.05. The summed E-state index contributed by atoms with van der Waals surface area (Å²) < 4.78 is 58.1. The summed E-state index contributed by atoms with van der Waals surface area (Å²) in [4.78, 5) is -0.267. The molecule has 2 aromatic carbocycles. The fraction of sp³-hybridized carbons (Fsp3) is 0.300. The van der Waals surface area contributed by atoms with Crippen LogP contribution >= 0.6 is 24.4 Å². The average Bonchev–Trinajstić information content (AvgIpc) is 2.75. The van der Waals surface area contributed by atoms with Gasteiger partial charge in [-0.05, 0) is 61.5 Å². The fourth-order valence-corrected chi connectivity index (χ4v) is 3.44. The van der Waals surface area contributed by atoms with Crippen LogP contribution in [-0.4, -0.2) is 48.9 Å². The normalized spacial score (nSPS) is 9.69. The summed E-state index contributed by atoms with van der Waals surface area (Å²) in [6, 6.07) is 15.9. The third kappa shape index (κ3) is 19.5. The smallest absolute Gasteiger partial charge is 0.744 e. The van der Waals surface area contributed by atoms with Gasteiger partial charge in [-0.3, -0.25) is 0 Å². The van der Waals surface area contributed by atoms with Gasteiger partial charge in [0.15, 0.2) is 10.2 Å². The number of nitrogens with one attached hydrogen (secondary N) is 4. The van der Waals surface area contributed by atoms with Crippen LogP contribution in [0.2, 0.25) is 0 Å². The van der Waals surface area contributed by atoms with Crippen LogP contribution < -0.4 is 80.4 Å². The number of anilines is 2. The van der Waals surface area contributed by atoms with Crippen LogP contribution in [0.4, 0.5) is 11.4 Å². The quantitative estimate of drug-likeness (QED) is 0.0706. The molecule has 0 aliphatic rings. The molecule has 0 bridgehead atoms. The number of hydrogen-bond donors (Lipinski definition) is 4. The molecule has 0 heterocycles. The minimum atomic E-state index is -4.44. The minimum absolute atomic E-state index is 0. The Bertz CT molecular complexity index is 1130. The summed E-state index contributed by atoms with van der Waals surface area (Å²) in [5, 5.41) is 13.4. The SMILES string of the molecule is O=S(=O)([O-])c1ccc(NC(=S)NCCCCCCNC(=S)Nc2cc[c-]cc2)cc1.O=S(=O)=O.[Na+].[Na+]. The van der Waals surface area contributed by atoms with E-state index in [0.717, 1.165) is 44.5 Å². The Labute approximate surface area is 268 Å². The Balaban J connectivity index is 0. The van der Waals surface area contributed by atoms with Crippen molar-refractivity contribution in [3.63, 3.8) is 0 Å². The van der Waals surface area contributed by atoms with E-state index in [2.05, 4.69) is 27.3 Å². The molecule has 0 fully saturated rings. The number of unbranched alkanes of at least 4 members (excludes halogenated alkanes) is 3. The second-order valence-electron chi connectivity index (χ2n) is 6.65. The predicted molar refractivity (Wildman–Crippen MR) is 136 cm³/mol. The van der Waals surface area contributed by atoms with Crippen LogP contribution in [0, 0.1) is 6.07 Å². The zero-order chi connectivity index (χ0) is 25.4. The molecule has 0 unspecified atom stereocenters. The number of thiocarbonyl (C=S) groups is 2. The maximum absolute atomic E-state index is 10.9. The van der Waals surface area contributed by atoms with Gasteiger partial charge in [0.25, 0.3) is 0 Å². The number of rotatable bonds is 10. The predicted octanol–water partition coefficient (Wildman–Crippen LogP) is -3.77. The maximum atomic E-state index is 10.9. The molecule has 16 heteroatoms. The van der Waals surface area contributed by atoms with Crippen molar-refractivity contribution < 1.29 is 84.7 Å². The van der Waals surface area contributed by atoms with Gasteiger partial charge in [0.05, 0.1) is 4.90 Å². The first kappa shape index (κ1) is 37.5. The first-order chi connectivity index (χ1) is 16.1. The van der Waals surface area contributed by atoms with Gasteiger partial charge in [-0.2, -0.15) is 18.2 Å². The van der Waals surface area contributed by atoms with E-state index in [-0.39, 0.29) is 64.0 Å². The molecule has 0 radical (unpaired) electrons. The molecule has 2 rings (SSSR count). The van der Waals surface area contributed by atoms with Gasteiger partial charge >= 0.3 is 69.7 Å². The molecule has 10 nitrogen and oxygen atoms in total. The van der Waals surface area contributed by atoms with Gasteiger partial charge in [0, 0.05) is 18.8 Å². The molecular formula is C20H24N4Na2O6S4. The van der Waals surface area contributed by atoms with Crippen LogP contribution in [0.5, 0.6) is 0 Å². The van der Waals surface area contributed by atoms with Gasteiger partial charge in [-0.1, -0.05) is 18.5 Å². The molecule has 36 heavy (non-hydrogen) atoms. The fourth-order valence-electron chi connectivity index (χ4n) is 2.53. The van der Waals surface area contributed by atoms with Crippen LogP contribution in [0.3, 0.4) is 0 Å². The molecule has 0 amide bonds. The Kier molecular flexibility index (Phi) is 22.2. The monoisotopic (exact) mass is 590 g/mol. The van der Waals surface area contributed by atoms with Crippen molar-refractivity contribution >= 4 is 66.8 Å². The Morgan fingerprint density at radius 3 is 1.56 bits per heavy atom. The Morgan fingerprint density at radius 1 is 0.778 bits per heavy atom. The molecule has 0 saturated heterocycles. The van der Waals surface area contributed by atoms with Crippen LogP contribution in [0.25, 0.3) is 0 Å². The van der Waals surface area contributed by atoms with Crippen molar-refractivity contribution in [3.8, 4) is 0 Å². The Morgan fingerprint density at radius 2 is 1.17 bits per heavy atom. The van der Waals surface area contributed by atoms with Crippen LogP contribution in [0.15, 0.2) is 53.4 Å². The van der Waals surface area contributed by atoms with E-state index < -0.39 is 20.7 Å². The summed E-state index contributed by atoms with van der Waals surface area (Å²) in [5.41, 5.74) is 1.55. The molecule has 4 N–H and O–H groups in total. The summed E-state index contributed by atoms with van der Waals surface area (Å²) in [7, 11) is -7.55. The molecule has 0 aliphatic heterocycles. The first-order valence-corrected chi connectivity index (χ1v) is 13.2. The molecule has 0 aromatic heterocycles. The van der Waals surface area contributed by atoms with E-state index in [1.54, 1.807) is 0 Å². The molecule has 186 valence electrons. The van der Waals surface area contributed by atoms with E-state index in [9.17, 15) is 13.0 Å². The first-order valence-electron chi connectivity index (χ1n) is 9.96. The maximum Gasteiger partial charge on any atom is 1.00 e. The molecule has 0 spiro atoms. The molecule has 0 aliphatic carbocycles. The van der Waals surface area contributed by atoms with E-state index in [0.29, 0.717) is 15.9 Å². The summed E-state index contributed by atoms with van der Waals surface area (Å²) in [6.07, 6.45) is 4.12. The van der Waals surface area contributed by atoms with E-state index in [1.807, 2.05) is 24.3 Å². The summed E-state index contributed by atoms with van der Waals surface area (Å²) in [5.74, 6) is 0.